The van der Waals surface area contributed by atoms with Crippen LogP contribution in [0, 0.1) is 19.8 Å². The number of aromatic nitrogens is 2. The van der Waals surface area contributed by atoms with Gasteiger partial charge in [0.2, 0.25) is 0 Å². The number of aliphatic imine (C=N–C) groups is 1. The van der Waals surface area contributed by atoms with E-state index in [9.17, 15) is 0 Å². The lowest BCUT2D eigenvalue weighted by molar-refractivity contribution is 0.195. The Balaban J connectivity index is 1.67. The van der Waals surface area contributed by atoms with Crippen molar-refractivity contribution in [3.05, 3.63) is 17.5 Å². The van der Waals surface area contributed by atoms with Gasteiger partial charge in [-0.1, -0.05) is 6.92 Å². The van der Waals surface area contributed by atoms with Crippen molar-refractivity contribution in [3.8, 4) is 0 Å². The van der Waals surface area contributed by atoms with Crippen molar-refractivity contribution in [2.45, 2.75) is 53.5 Å². The predicted molar refractivity (Wildman–Crippen MR) is 105 cm³/mol. The average molecular weight is 349 g/mol. The van der Waals surface area contributed by atoms with Crippen molar-refractivity contribution in [2.75, 3.05) is 39.3 Å². The molecule has 0 unspecified atom stereocenters. The third-order valence-corrected chi connectivity index (χ3v) is 4.84. The van der Waals surface area contributed by atoms with Gasteiger partial charge in [-0.2, -0.15) is 5.10 Å². The first-order chi connectivity index (χ1) is 12.1. The van der Waals surface area contributed by atoms with Gasteiger partial charge in [0.1, 0.15) is 0 Å². The minimum atomic E-state index is 0.814. The van der Waals surface area contributed by atoms with Crippen LogP contribution in [-0.4, -0.2) is 59.9 Å². The molecule has 0 saturated carbocycles. The monoisotopic (exact) mass is 348 g/mol. The Kier molecular flexibility index (Phi) is 8.25. The summed E-state index contributed by atoms with van der Waals surface area (Å²) >= 11 is 0. The van der Waals surface area contributed by atoms with Gasteiger partial charge in [0, 0.05) is 38.4 Å². The second kappa shape index (κ2) is 10.4. The zero-order valence-electron chi connectivity index (χ0n) is 16.5. The molecule has 142 valence electrons. The molecule has 0 radical (unpaired) electrons. The summed E-state index contributed by atoms with van der Waals surface area (Å²) in [4.78, 5) is 7.25. The molecule has 6 heteroatoms. The van der Waals surface area contributed by atoms with Gasteiger partial charge in [-0.3, -0.25) is 9.67 Å². The highest BCUT2D eigenvalue weighted by molar-refractivity contribution is 5.79. The number of likely N-dealkylation sites (tertiary alicyclic amines) is 1. The third-order valence-electron chi connectivity index (χ3n) is 4.84. The molecule has 0 amide bonds. The highest BCUT2D eigenvalue weighted by Gasteiger charge is 2.14. The number of rotatable bonds is 8. The lowest BCUT2D eigenvalue weighted by atomic mass is 9.99. The molecule has 1 aromatic rings. The molecule has 25 heavy (non-hydrogen) atoms. The van der Waals surface area contributed by atoms with Gasteiger partial charge in [-0.25, -0.2) is 0 Å². The van der Waals surface area contributed by atoms with Gasteiger partial charge in [-0.15, -0.1) is 0 Å². The summed E-state index contributed by atoms with van der Waals surface area (Å²) in [6, 6.07) is 2.12. The summed E-state index contributed by atoms with van der Waals surface area (Å²) in [5.74, 6) is 1.83. The summed E-state index contributed by atoms with van der Waals surface area (Å²) in [6.45, 7) is 15.8. The molecule has 0 atom stereocenters. The summed E-state index contributed by atoms with van der Waals surface area (Å²) < 4.78 is 2.07. The molecule has 2 rings (SSSR count). The third kappa shape index (κ3) is 7.06. The molecule has 2 N–H and O–H groups in total. The Morgan fingerprint density at radius 1 is 1.24 bits per heavy atom. The first-order valence-corrected chi connectivity index (χ1v) is 9.84. The second-order valence-corrected chi connectivity index (χ2v) is 7.22. The van der Waals surface area contributed by atoms with Crippen molar-refractivity contribution in [3.63, 3.8) is 0 Å². The van der Waals surface area contributed by atoms with Crippen molar-refractivity contribution < 1.29 is 0 Å². The average Bonchev–Trinajstić information content (AvgIpc) is 2.91. The number of hydrogen-bond acceptors (Lipinski definition) is 3. The lowest BCUT2D eigenvalue weighted by Gasteiger charge is -2.30. The van der Waals surface area contributed by atoms with Crippen LogP contribution in [0.2, 0.25) is 0 Å². The molecule has 6 nitrogen and oxygen atoms in total. The van der Waals surface area contributed by atoms with E-state index in [0.717, 1.165) is 56.7 Å². The SMILES string of the molecule is CCNC(=NCCCn1nc(C)cc1C)NCCN1CCC(C)CC1. The molecule has 1 aromatic heterocycles. The van der Waals surface area contributed by atoms with Crippen molar-refractivity contribution in [1.29, 1.82) is 0 Å². The Morgan fingerprint density at radius 2 is 2.00 bits per heavy atom. The summed E-state index contributed by atoms with van der Waals surface area (Å²) in [6.07, 6.45) is 3.67. The molecule has 2 heterocycles. The van der Waals surface area contributed by atoms with Gasteiger partial charge < -0.3 is 15.5 Å². The van der Waals surface area contributed by atoms with E-state index in [1.54, 1.807) is 0 Å². The maximum absolute atomic E-state index is 4.69. The summed E-state index contributed by atoms with van der Waals surface area (Å²) in [5, 5.41) is 11.3. The van der Waals surface area contributed by atoms with E-state index in [1.165, 1.54) is 31.6 Å². The number of hydrogen-bond donors (Lipinski definition) is 2. The molecule has 0 bridgehead atoms. The zero-order chi connectivity index (χ0) is 18.1. The quantitative estimate of drug-likeness (QED) is 0.429. The Bertz CT molecular complexity index is 528. The van der Waals surface area contributed by atoms with Crippen LogP contribution in [-0.2, 0) is 6.54 Å². The van der Waals surface area contributed by atoms with Crippen molar-refractivity contribution in [1.82, 2.24) is 25.3 Å². The number of aryl methyl sites for hydroxylation is 3. The first kappa shape index (κ1) is 19.8. The van der Waals surface area contributed by atoms with E-state index >= 15 is 0 Å². The van der Waals surface area contributed by atoms with Crippen LogP contribution in [0.1, 0.15) is 44.5 Å². The molecule has 1 aliphatic rings. The van der Waals surface area contributed by atoms with Crippen LogP contribution in [0.25, 0.3) is 0 Å². The second-order valence-electron chi connectivity index (χ2n) is 7.22. The molecule has 1 saturated heterocycles. The molecule has 0 aromatic carbocycles. The highest BCUT2D eigenvalue weighted by Crippen LogP contribution is 2.15. The van der Waals surface area contributed by atoms with Crippen molar-refractivity contribution in [2.24, 2.45) is 10.9 Å². The zero-order valence-corrected chi connectivity index (χ0v) is 16.5. The van der Waals surface area contributed by atoms with Gasteiger partial charge in [0.25, 0.3) is 0 Å². The number of guanidine groups is 1. The minimum absolute atomic E-state index is 0.814. The van der Waals surface area contributed by atoms with Gasteiger partial charge >= 0.3 is 0 Å². The van der Waals surface area contributed by atoms with E-state index in [-0.39, 0.29) is 0 Å². The predicted octanol–water partition coefficient (Wildman–Crippen LogP) is 2.18. The first-order valence-electron chi connectivity index (χ1n) is 9.84. The van der Waals surface area contributed by atoms with Crippen molar-refractivity contribution >= 4 is 5.96 Å². The maximum Gasteiger partial charge on any atom is 0.191 e. The van der Waals surface area contributed by atoms with E-state index in [0.29, 0.717) is 0 Å². The van der Waals surface area contributed by atoms with Crippen LogP contribution >= 0.6 is 0 Å². The molecular formula is C19H36N6. The van der Waals surface area contributed by atoms with E-state index in [4.69, 9.17) is 4.99 Å². The van der Waals surface area contributed by atoms with Crippen LogP contribution < -0.4 is 10.6 Å². The van der Waals surface area contributed by atoms with Gasteiger partial charge in [0.15, 0.2) is 5.96 Å². The normalized spacial score (nSPS) is 17.0. The number of nitrogens with zero attached hydrogens (tertiary/aromatic N) is 4. The number of piperidine rings is 1. The van der Waals surface area contributed by atoms with Crippen LogP contribution in [0.4, 0.5) is 0 Å². The molecular weight excluding hydrogens is 312 g/mol. The maximum atomic E-state index is 4.69. The fourth-order valence-corrected chi connectivity index (χ4v) is 3.27. The van der Waals surface area contributed by atoms with Crippen LogP contribution in [0.5, 0.6) is 0 Å². The Labute approximate surface area is 153 Å². The summed E-state index contributed by atoms with van der Waals surface area (Å²) in [7, 11) is 0. The van der Waals surface area contributed by atoms with Gasteiger partial charge in [0.05, 0.1) is 5.69 Å². The largest absolute Gasteiger partial charge is 0.357 e. The van der Waals surface area contributed by atoms with Gasteiger partial charge in [-0.05, 0) is 65.1 Å². The topological polar surface area (TPSA) is 57.5 Å². The molecule has 1 fully saturated rings. The Morgan fingerprint density at radius 3 is 2.64 bits per heavy atom. The standard InChI is InChI=1S/C19H36N6/c1-5-20-19(22-10-14-24-12-7-16(2)8-13-24)21-9-6-11-25-18(4)15-17(3)23-25/h15-16H,5-14H2,1-4H3,(H2,20,21,22). The fourth-order valence-electron chi connectivity index (χ4n) is 3.27. The van der Waals surface area contributed by atoms with E-state index in [2.05, 4.69) is 52.2 Å². The fraction of sp³-hybridized carbons (Fsp3) is 0.789. The highest BCUT2D eigenvalue weighted by atomic mass is 15.3. The molecule has 1 aliphatic heterocycles. The summed E-state index contributed by atoms with van der Waals surface area (Å²) in [5.41, 5.74) is 2.31. The van der Waals surface area contributed by atoms with E-state index in [1.807, 2.05) is 6.92 Å². The lowest BCUT2D eigenvalue weighted by Crippen LogP contribution is -2.43. The van der Waals surface area contributed by atoms with Crippen LogP contribution in [0.3, 0.4) is 0 Å². The smallest absolute Gasteiger partial charge is 0.191 e. The molecule has 0 aliphatic carbocycles. The van der Waals surface area contributed by atoms with Crippen LogP contribution in [0.15, 0.2) is 11.1 Å². The molecule has 0 spiro atoms. The van der Waals surface area contributed by atoms with E-state index < -0.39 is 0 Å². The Hall–Kier alpha value is -1.56. The minimum Gasteiger partial charge on any atom is -0.357 e. The number of nitrogens with one attached hydrogen (secondary N) is 2.